The standard InChI is InChI=1S/C23H19Cl2N3O4/c1-12-9-10-15(24)19(18(12)25)28-20(23(30)32-3)17(22(29)31-2)16(14(11-26)21(28)27)13-7-5-4-6-8-13/h4-10,16H,27H2,1-3H3. The van der Waals surface area contributed by atoms with Gasteiger partial charge in [0, 0.05) is 0 Å². The summed E-state index contributed by atoms with van der Waals surface area (Å²) in [6, 6.07) is 14.1. The Labute approximate surface area is 195 Å². The van der Waals surface area contributed by atoms with Crippen LogP contribution >= 0.6 is 23.2 Å². The molecule has 1 unspecified atom stereocenters. The van der Waals surface area contributed by atoms with Crippen LogP contribution < -0.4 is 10.6 Å². The fraction of sp³-hybridized carbons (Fsp3) is 0.174. The number of ether oxygens (including phenoxy) is 2. The molecule has 1 heterocycles. The lowest BCUT2D eigenvalue weighted by molar-refractivity contribution is -0.139. The van der Waals surface area contributed by atoms with Crippen LogP contribution in [-0.2, 0) is 19.1 Å². The fourth-order valence-electron chi connectivity index (χ4n) is 3.59. The van der Waals surface area contributed by atoms with Crippen LogP contribution in [0.1, 0.15) is 17.0 Å². The molecule has 1 aliphatic heterocycles. The van der Waals surface area contributed by atoms with E-state index in [-0.39, 0.29) is 38.4 Å². The van der Waals surface area contributed by atoms with Gasteiger partial charge in [-0.15, -0.1) is 0 Å². The van der Waals surface area contributed by atoms with E-state index in [4.69, 9.17) is 38.4 Å². The van der Waals surface area contributed by atoms with Crippen LogP contribution in [0.4, 0.5) is 5.69 Å². The largest absolute Gasteiger partial charge is 0.466 e. The number of nitrogens with zero attached hydrogens (tertiary/aromatic N) is 2. The molecule has 1 aliphatic rings. The van der Waals surface area contributed by atoms with E-state index in [1.807, 2.05) is 0 Å². The number of aryl methyl sites for hydroxylation is 1. The number of nitrogens with two attached hydrogens (primary N) is 1. The summed E-state index contributed by atoms with van der Waals surface area (Å²) in [6.45, 7) is 1.74. The normalized spacial score (nSPS) is 16.0. The van der Waals surface area contributed by atoms with Crippen molar-refractivity contribution in [3.63, 3.8) is 0 Å². The number of benzene rings is 2. The van der Waals surface area contributed by atoms with Crippen LogP contribution in [0, 0.1) is 18.3 Å². The van der Waals surface area contributed by atoms with E-state index in [2.05, 4.69) is 6.07 Å². The van der Waals surface area contributed by atoms with Gasteiger partial charge in [-0.3, -0.25) is 4.90 Å². The third-order valence-electron chi connectivity index (χ3n) is 5.09. The van der Waals surface area contributed by atoms with Crippen LogP contribution in [0.2, 0.25) is 10.0 Å². The SMILES string of the molecule is COC(=O)C1=C(C(=O)OC)N(c2c(Cl)ccc(C)c2Cl)C(N)=C(C#N)C1c1ccccc1. The number of anilines is 1. The van der Waals surface area contributed by atoms with Crippen LogP contribution in [0.25, 0.3) is 0 Å². The molecule has 0 saturated heterocycles. The van der Waals surface area contributed by atoms with E-state index in [0.29, 0.717) is 11.1 Å². The zero-order valence-corrected chi connectivity index (χ0v) is 19.0. The average molecular weight is 472 g/mol. The smallest absolute Gasteiger partial charge is 0.355 e. The van der Waals surface area contributed by atoms with Gasteiger partial charge in [-0.1, -0.05) is 59.6 Å². The Morgan fingerprint density at radius 1 is 1.06 bits per heavy atom. The first-order valence-corrected chi connectivity index (χ1v) is 10.1. The summed E-state index contributed by atoms with van der Waals surface area (Å²) in [5.74, 6) is -2.78. The summed E-state index contributed by atoms with van der Waals surface area (Å²) in [7, 11) is 2.34. The molecule has 0 fully saturated rings. The van der Waals surface area contributed by atoms with E-state index < -0.39 is 17.9 Å². The molecule has 0 radical (unpaired) electrons. The lowest BCUT2D eigenvalue weighted by Gasteiger charge is -2.36. The van der Waals surface area contributed by atoms with Crippen LogP contribution in [0.5, 0.6) is 0 Å². The van der Waals surface area contributed by atoms with Crippen molar-refractivity contribution in [3.05, 3.63) is 86.3 Å². The third-order valence-corrected chi connectivity index (χ3v) is 5.88. The van der Waals surface area contributed by atoms with Gasteiger partial charge in [0.2, 0.25) is 0 Å². The van der Waals surface area contributed by atoms with Gasteiger partial charge in [-0.2, -0.15) is 5.26 Å². The van der Waals surface area contributed by atoms with Crippen LogP contribution in [0.3, 0.4) is 0 Å². The zero-order valence-electron chi connectivity index (χ0n) is 17.5. The van der Waals surface area contributed by atoms with Gasteiger partial charge >= 0.3 is 11.9 Å². The highest BCUT2D eigenvalue weighted by atomic mass is 35.5. The predicted octanol–water partition coefficient (Wildman–Crippen LogP) is 4.20. The van der Waals surface area contributed by atoms with Crippen molar-refractivity contribution in [1.82, 2.24) is 0 Å². The van der Waals surface area contributed by atoms with Crippen molar-refractivity contribution in [1.29, 1.82) is 5.26 Å². The van der Waals surface area contributed by atoms with Crippen molar-refractivity contribution in [2.45, 2.75) is 12.8 Å². The van der Waals surface area contributed by atoms with Gasteiger partial charge in [0.05, 0.1) is 53.1 Å². The van der Waals surface area contributed by atoms with Crippen molar-refractivity contribution < 1.29 is 19.1 Å². The topological polar surface area (TPSA) is 106 Å². The minimum Gasteiger partial charge on any atom is -0.466 e. The lowest BCUT2D eigenvalue weighted by Crippen LogP contribution is -2.41. The Bertz CT molecular complexity index is 1200. The minimum atomic E-state index is -0.971. The van der Waals surface area contributed by atoms with E-state index in [9.17, 15) is 14.9 Å². The number of esters is 2. The summed E-state index contributed by atoms with van der Waals surface area (Å²) >= 11 is 13.0. The molecule has 2 aromatic carbocycles. The molecule has 0 bridgehead atoms. The van der Waals surface area contributed by atoms with Crippen molar-refractivity contribution >= 4 is 40.8 Å². The molecule has 2 aromatic rings. The molecule has 7 nitrogen and oxygen atoms in total. The summed E-state index contributed by atoms with van der Waals surface area (Å²) in [5.41, 5.74) is 7.46. The molecule has 0 aliphatic carbocycles. The molecule has 0 spiro atoms. The number of hydrogen-bond donors (Lipinski definition) is 1. The summed E-state index contributed by atoms with van der Waals surface area (Å²) in [5, 5.41) is 10.4. The van der Waals surface area contributed by atoms with Gasteiger partial charge in [-0.05, 0) is 24.1 Å². The van der Waals surface area contributed by atoms with Gasteiger partial charge in [-0.25, -0.2) is 9.59 Å². The lowest BCUT2D eigenvalue weighted by atomic mass is 9.81. The Hall–Kier alpha value is -3.47. The van der Waals surface area contributed by atoms with E-state index in [0.717, 1.165) is 0 Å². The highest BCUT2D eigenvalue weighted by Crippen LogP contribution is 2.47. The number of nitriles is 1. The molecule has 9 heteroatoms. The second-order valence-corrected chi connectivity index (χ2v) is 7.65. The number of methoxy groups -OCH3 is 2. The molecular formula is C23H19Cl2N3O4. The van der Waals surface area contributed by atoms with E-state index in [1.54, 1.807) is 49.4 Å². The molecule has 3 rings (SSSR count). The number of carbonyl (C=O) groups is 2. The average Bonchev–Trinajstić information content (AvgIpc) is 2.81. The van der Waals surface area contributed by atoms with Gasteiger partial charge < -0.3 is 15.2 Å². The summed E-state index contributed by atoms with van der Waals surface area (Å²) < 4.78 is 9.98. The highest BCUT2D eigenvalue weighted by molar-refractivity contribution is 6.40. The Morgan fingerprint density at radius 2 is 1.69 bits per heavy atom. The number of carbonyl (C=O) groups excluding carboxylic acids is 2. The minimum absolute atomic E-state index is 0.0258. The second-order valence-electron chi connectivity index (χ2n) is 6.86. The third kappa shape index (κ3) is 3.79. The fourth-order valence-corrected chi connectivity index (χ4v) is 4.13. The second kappa shape index (κ2) is 9.35. The van der Waals surface area contributed by atoms with Crippen molar-refractivity contribution in [3.8, 4) is 6.07 Å². The van der Waals surface area contributed by atoms with E-state index in [1.165, 1.54) is 19.1 Å². The van der Waals surface area contributed by atoms with Crippen LogP contribution in [0.15, 0.2) is 65.1 Å². The maximum Gasteiger partial charge on any atom is 0.355 e. The van der Waals surface area contributed by atoms with Crippen LogP contribution in [-0.4, -0.2) is 26.2 Å². The maximum absolute atomic E-state index is 13.0. The molecular weight excluding hydrogens is 453 g/mol. The molecule has 32 heavy (non-hydrogen) atoms. The first-order chi connectivity index (χ1) is 15.3. The highest BCUT2D eigenvalue weighted by Gasteiger charge is 2.44. The van der Waals surface area contributed by atoms with Gasteiger partial charge in [0.1, 0.15) is 11.5 Å². The molecule has 1 atom stereocenters. The molecule has 0 amide bonds. The molecule has 164 valence electrons. The maximum atomic E-state index is 13.0. The monoisotopic (exact) mass is 471 g/mol. The summed E-state index contributed by atoms with van der Waals surface area (Å²) in [4.78, 5) is 27.2. The Kier molecular flexibility index (Phi) is 6.78. The van der Waals surface area contributed by atoms with Crippen molar-refractivity contribution in [2.24, 2.45) is 5.73 Å². The first kappa shape index (κ1) is 23.2. The molecule has 2 N–H and O–H groups in total. The Balaban J connectivity index is 2.49. The number of halogens is 2. The quantitative estimate of drug-likeness (QED) is 0.665. The van der Waals surface area contributed by atoms with E-state index >= 15 is 0 Å². The predicted molar refractivity (Wildman–Crippen MR) is 121 cm³/mol. The van der Waals surface area contributed by atoms with Gasteiger partial charge in [0.25, 0.3) is 0 Å². The number of allylic oxidation sites excluding steroid dienone is 1. The number of hydrogen-bond acceptors (Lipinski definition) is 7. The zero-order chi connectivity index (χ0) is 23.6. The molecule has 0 aromatic heterocycles. The van der Waals surface area contributed by atoms with Crippen molar-refractivity contribution in [2.75, 3.05) is 19.1 Å². The number of rotatable bonds is 4. The first-order valence-electron chi connectivity index (χ1n) is 9.38. The van der Waals surface area contributed by atoms with Gasteiger partial charge in [0.15, 0.2) is 0 Å². The molecule has 0 saturated carbocycles. The Morgan fingerprint density at radius 3 is 2.25 bits per heavy atom. The summed E-state index contributed by atoms with van der Waals surface area (Å²) in [6.07, 6.45) is 0.